The summed E-state index contributed by atoms with van der Waals surface area (Å²) in [4.78, 5) is 32.5. The van der Waals surface area contributed by atoms with Gasteiger partial charge in [-0.05, 0) is 41.9 Å². The first-order valence-electron chi connectivity index (χ1n) is 8.52. The summed E-state index contributed by atoms with van der Waals surface area (Å²) < 4.78 is 7.83. The molecule has 0 aliphatic rings. The Hall–Kier alpha value is -2.71. The molecule has 3 heterocycles. The highest BCUT2D eigenvalue weighted by molar-refractivity contribution is 9.10. The third-order valence-electron chi connectivity index (χ3n) is 4.52. The van der Waals surface area contributed by atoms with Gasteiger partial charge in [0, 0.05) is 39.4 Å². The van der Waals surface area contributed by atoms with E-state index in [-0.39, 0.29) is 12.4 Å². The van der Waals surface area contributed by atoms with Gasteiger partial charge < -0.3 is 9.72 Å². The number of rotatable bonds is 5. The lowest BCUT2D eigenvalue weighted by atomic mass is 10.1. The van der Waals surface area contributed by atoms with E-state index in [1.165, 1.54) is 11.3 Å². The van der Waals surface area contributed by atoms with Crippen molar-refractivity contribution < 1.29 is 14.3 Å². The number of ketones is 1. The van der Waals surface area contributed by atoms with Crippen molar-refractivity contribution in [2.75, 3.05) is 6.61 Å². The van der Waals surface area contributed by atoms with Gasteiger partial charge in [-0.1, -0.05) is 18.2 Å². The molecule has 0 amide bonds. The van der Waals surface area contributed by atoms with Crippen LogP contribution in [-0.2, 0) is 4.74 Å². The Morgan fingerprint density at radius 1 is 1.29 bits per heavy atom. The van der Waals surface area contributed by atoms with E-state index >= 15 is 0 Å². The van der Waals surface area contributed by atoms with Crippen LogP contribution in [0.15, 0.2) is 46.4 Å². The molecule has 0 aliphatic carbocycles. The average molecular weight is 458 g/mol. The number of hydrogen-bond donors (Lipinski definition) is 1. The highest BCUT2D eigenvalue weighted by Crippen LogP contribution is 2.28. The number of aryl methyl sites for hydroxylation is 1. The second-order valence-corrected chi connectivity index (χ2v) is 7.96. The van der Waals surface area contributed by atoms with Gasteiger partial charge in [0.15, 0.2) is 11.7 Å². The molecule has 8 heteroatoms. The van der Waals surface area contributed by atoms with Crippen molar-refractivity contribution in [3.05, 3.63) is 69.0 Å². The SMILES string of the molecule is Cc1cc(C(=O)COC(=O)c2[nH]c3ccccc3c2Br)c(C)n1-c1nccs1. The van der Waals surface area contributed by atoms with Gasteiger partial charge in [-0.2, -0.15) is 0 Å². The third kappa shape index (κ3) is 3.18. The van der Waals surface area contributed by atoms with E-state index < -0.39 is 5.97 Å². The van der Waals surface area contributed by atoms with Crippen LogP contribution in [0.2, 0.25) is 0 Å². The minimum absolute atomic E-state index is 0.253. The summed E-state index contributed by atoms with van der Waals surface area (Å²) in [5, 5.41) is 3.57. The monoisotopic (exact) mass is 457 g/mol. The molecule has 0 unspecified atom stereocenters. The van der Waals surface area contributed by atoms with Crippen molar-refractivity contribution >= 4 is 49.9 Å². The van der Waals surface area contributed by atoms with Gasteiger partial charge in [0.2, 0.25) is 5.78 Å². The van der Waals surface area contributed by atoms with E-state index in [4.69, 9.17) is 4.74 Å². The van der Waals surface area contributed by atoms with Crippen LogP contribution in [-0.4, -0.2) is 32.9 Å². The van der Waals surface area contributed by atoms with Crippen molar-refractivity contribution in [2.45, 2.75) is 13.8 Å². The van der Waals surface area contributed by atoms with E-state index in [1.807, 2.05) is 48.1 Å². The van der Waals surface area contributed by atoms with Gasteiger partial charge in [-0.15, -0.1) is 11.3 Å². The Morgan fingerprint density at radius 2 is 2.07 bits per heavy atom. The summed E-state index contributed by atoms with van der Waals surface area (Å²) >= 11 is 4.92. The zero-order valence-electron chi connectivity index (χ0n) is 15.2. The minimum atomic E-state index is -0.579. The molecule has 0 aliphatic heterocycles. The molecule has 1 N–H and O–H groups in total. The highest BCUT2D eigenvalue weighted by Gasteiger charge is 2.21. The fraction of sp³-hybridized carbons (Fsp3) is 0.150. The first-order valence-corrected chi connectivity index (χ1v) is 10.2. The molecule has 142 valence electrons. The number of aromatic nitrogens is 3. The number of thiazole rings is 1. The Bertz CT molecular complexity index is 1190. The van der Waals surface area contributed by atoms with E-state index in [0.29, 0.717) is 15.7 Å². The molecule has 0 radical (unpaired) electrons. The van der Waals surface area contributed by atoms with Crippen LogP contribution in [0.1, 0.15) is 32.2 Å². The number of benzene rings is 1. The number of para-hydroxylation sites is 1. The number of H-pyrrole nitrogens is 1. The number of nitrogens with one attached hydrogen (secondary N) is 1. The summed E-state index contributed by atoms with van der Waals surface area (Å²) in [5.74, 6) is -0.832. The number of ether oxygens (including phenoxy) is 1. The van der Waals surface area contributed by atoms with Gasteiger partial charge in [0.25, 0.3) is 0 Å². The number of fused-ring (bicyclic) bond motifs is 1. The molecule has 3 aromatic heterocycles. The molecule has 0 spiro atoms. The zero-order valence-corrected chi connectivity index (χ0v) is 17.6. The summed E-state index contributed by atoms with van der Waals surface area (Å²) in [5.41, 5.74) is 3.32. The zero-order chi connectivity index (χ0) is 19.8. The highest BCUT2D eigenvalue weighted by atomic mass is 79.9. The molecule has 6 nitrogen and oxygen atoms in total. The maximum absolute atomic E-state index is 12.7. The predicted molar refractivity (Wildman–Crippen MR) is 112 cm³/mol. The number of carbonyl (C=O) groups excluding carboxylic acids is 2. The van der Waals surface area contributed by atoms with Gasteiger partial charge in [0.1, 0.15) is 5.69 Å². The van der Waals surface area contributed by atoms with Crippen LogP contribution >= 0.6 is 27.3 Å². The van der Waals surface area contributed by atoms with Gasteiger partial charge in [-0.25, -0.2) is 9.78 Å². The lowest BCUT2D eigenvalue weighted by Gasteiger charge is -2.06. The summed E-state index contributed by atoms with van der Waals surface area (Å²) in [6.45, 7) is 3.44. The number of halogens is 1. The van der Waals surface area contributed by atoms with Crippen molar-refractivity contribution in [3.8, 4) is 5.13 Å². The first-order chi connectivity index (χ1) is 13.5. The second kappa shape index (κ2) is 7.37. The van der Waals surface area contributed by atoms with Crippen molar-refractivity contribution in [1.82, 2.24) is 14.5 Å². The molecular weight excluding hydrogens is 442 g/mol. The van der Waals surface area contributed by atoms with Crippen molar-refractivity contribution in [3.63, 3.8) is 0 Å². The normalized spacial score (nSPS) is 11.1. The maximum Gasteiger partial charge on any atom is 0.356 e. The predicted octanol–water partition coefficient (Wildman–Crippen LogP) is 4.83. The second-order valence-electron chi connectivity index (χ2n) is 6.29. The number of hydrogen-bond acceptors (Lipinski definition) is 5. The molecule has 0 bridgehead atoms. The van der Waals surface area contributed by atoms with E-state index in [1.54, 1.807) is 12.3 Å². The topological polar surface area (TPSA) is 77.0 Å². The Labute approximate surface area is 173 Å². The third-order valence-corrected chi connectivity index (χ3v) is 6.10. The average Bonchev–Trinajstić information content (AvgIpc) is 3.39. The Kier molecular flexibility index (Phi) is 4.91. The summed E-state index contributed by atoms with van der Waals surface area (Å²) in [7, 11) is 0. The molecule has 0 atom stereocenters. The number of carbonyl (C=O) groups is 2. The smallest absolute Gasteiger partial charge is 0.356 e. The molecule has 28 heavy (non-hydrogen) atoms. The van der Waals surface area contributed by atoms with Crippen LogP contribution in [0, 0.1) is 13.8 Å². The van der Waals surface area contributed by atoms with E-state index in [0.717, 1.165) is 27.4 Å². The van der Waals surface area contributed by atoms with Crippen LogP contribution in [0.5, 0.6) is 0 Å². The lowest BCUT2D eigenvalue weighted by Crippen LogP contribution is -2.15. The summed E-state index contributed by atoms with van der Waals surface area (Å²) in [6, 6.07) is 9.33. The van der Waals surface area contributed by atoms with Gasteiger partial charge in [0.05, 0.1) is 4.47 Å². The quantitative estimate of drug-likeness (QED) is 0.343. The number of esters is 1. The van der Waals surface area contributed by atoms with Crippen molar-refractivity contribution in [2.24, 2.45) is 0 Å². The van der Waals surface area contributed by atoms with Gasteiger partial charge >= 0.3 is 5.97 Å². The largest absolute Gasteiger partial charge is 0.453 e. The lowest BCUT2D eigenvalue weighted by molar-refractivity contribution is 0.0469. The number of aromatic amines is 1. The number of Topliss-reactive ketones (excluding diaryl/α,β-unsaturated/α-hetero) is 1. The Balaban J connectivity index is 1.52. The standard InChI is InChI=1S/C20H16BrN3O3S/c1-11-9-14(12(2)24(11)20-22-7-8-28-20)16(25)10-27-19(26)18-17(21)13-5-3-4-6-15(13)23-18/h3-9,23H,10H2,1-2H3. The van der Waals surface area contributed by atoms with Gasteiger partial charge in [-0.3, -0.25) is 9.36 Å². The van der Waals surface area contributed by atoms with Crippen LogP contribution in [0.4, 0.5) is 0 Å². The van der Waals surface area contributed by atoms with Crippen LogP contribution in [0.3, 0.4) is 0 Å². The molecule has 4 aromatic rings. The maximum atomic E-state index is 12.7. The molecule has 0 fully saturated rings. The summed E-state index contributed by atoms with van der Waals surface area (Å²) in [6.07, 6.45) is 1.72. The fourth-order valence-electron chi connectivity index (χ4n) is 3.20. The minimum Gasteiger partial charge on any atom is -0.453 e. The molecule has 4 rings (SSSR count). The molecule has 0 saturated heterocycles. The fourth-order valence-corrected chi connectivity index (χ4v) is 4.55. The van der Waals surface area contributed by atoms with Crippen LogP contribution in [0.25, 0.3) is 16.0 Å². The van der Waals surface area contributed by atoms with Crippen LogP contribution < -0.4 is 0 Å². The van der Waals surface area contributed by atoms with Crippen molar-refractivity contribution in [1.29, 1.82) is 0 Å². The molecule has 0 saturated carbocycles. The number of nitrogens with zero attached hydrogens (tertiary/aromatic N) is 2. The Morgan fingerprint density at radius 3 is 2.79 bits per heavy atom. The molecular formula is C20H16BrN3O3S. The molecule has 1 aromatic carbocycles. The van der Waals surface area contributed by atoms with E-state index in [2.05, 4.69) is 25.9 Å². The van der Waals surface area contributed by atoms with E-state index in [9.17, 15) is 9.59 Å². The first kappa shape index (κ1) is 18.6.